The van der Waals surface area contributed by atoms with Crippen LogP contribution in [0, 0.1) is 20.8 Å². The number of hydrogen-bond donors (Lipinski definition) is 0. The van der Waals surface area contributed by atoms with Gasteiger partial charge < -0.3 is 0 Å². The van der Waals surface area contributed by atoms with Gasteiger partial charge in [-0.25, -0.2) is 0 Å². The number of allylic oxidation sites excluding steroid dienone is 1. The van der Waals surface area contributed by atoms with Gasteiger partial charge in [0.1, 0.15) is 0 Å². The SMILES string of the molecule is Cc1ccc(/C=C/C(=O)c2ccc(C)c(C)c2)s1. The van der Waals surface area contributed by atoms with Crippen molar-refractivity contribution in [3.8, 4) is 0 Å². The van der Waals surface area contributed by atoms with E-state index in [9.17, 15) is 4.79 Å². The molecule has 0 aliphatic carbocycles. The Morgan fingerprint density at radius 1 is 1.06 bits per heavy atom. The Morgan fingerprint density at radius 2 is 1.83 bits per heavy atom. The molecular weight excluding hydrogens is 240 g/mol. The number of hydrogen-bond acceptors (Lipinski definition) is 2. The third kappa shape index (κ3) is 2.96. The smallest absolute Gasteiger partial charge is 0.185 e. The van der Waals surface area contributed by atoms with Crippen LogP contribution in [-0.2, 0) is 0 Å². The Bertz CT molecular complexity index is 605. The molecule has 0 N–H and O–H groups in total. The van der Waals surface area contributed by atoms with E-state index in [0.717, 1.165) is 16.0 Å². The van der Waals surface area contributed by atoms with E-state index in [1.807, 2.05) is 44.2 Å². The first kappa shape index (κ1) is 12.8. The van der Waals surface area contributed by atoms with E-state index < -0.39 is 0 Å². The molecule has 0 atom stereocenters. The molecule has 0 bridgehead atoms. The van der Waals surface area contributed by atoms with Gasteiger partial charge >= 0.3 is 0 Å². The van der Waals surface area contributed by atoms with Gasteiger partial charge in [0.25, 0.3) is 0 Å². The lowest BCUT2D eigenvalue weighted by atomic mass is 10.0. The fourth-order valence-electron chi connectivity index (χ4n) is 1.69. The van der Waals surface area contributed by atoms with E-state index in [4.69, 9.17) is 0 Å². The second kappa shape index (κ2) is 5.32. The number of aryl methyl sites for hydroxylation is 3. The zero-order valence-electron chi connectivity index (χ0n) is 10.9. The first-order valence-corrected chi connectivity index (χ1v) is 6.74. The van der Waals surface area contributed by atoms with E-state index in [-0.39, 0.29) is 5.78 Å². The number of carbonyl (C=O) groups is 1. The third-order valence-electron chi connectivity index (χ3n) is 2.95. The van der Waals surface area contributed by atoms with E-state index in [0.29, 0.717) is 0 Å². The first-order chi connectivity index (χ1) is 8.56. The zero-order valence-corrected chi connectivity index (χ0v) is 11.7. The molecule has 0 spiro atoms. The van der Waals surface area contributed by atoms with Gasteiger partial charge in [0.05, 0.1) is 0 Å². The number of thiophene rings is 1. The molecule has 0 saturated heterocycles. The Balaban J connectivity index is 2.16. The van der Waals surface area contributed by atoms with E-state index in [1.165, 1.54) is 10.4 Å². The molecule has 2 rings (SSSR count). The Labute approximate surface area is 112 Å². The molecule has 92 valence electrons. The second-order valence-corrected chi connectivity index (χ2v) is 5.76. The Kier molecular flexibility index (Phi) is 3.78. The van der Waals surface area contributed by atoms with Crippen molar-refractivity contribution in [2.45, 2.75) is 20.8 Å². The van der Waals surface area contributed by atoms with Crippen molar-refractivity contribution in [3.63, 3.8) is 0 Å². The fourth-order valence-corrected chi connectivity index (χ4v) is 2.47. The summed E-state index contributed by atoms with van der Waals surface area (Å²) in [5.41, 5.74) is 3.12. The highest BCUT2D eigenvalue weighted by molar-refractivity contribution is 7.12. The van der Waals surface area contributed by atoms with Crippen LogP contribution in [0.4, 0.5) is 0 Å². The molecule has 0 saturated carbocycles. The highest BCUT2D eigenvalue weighted by Gasteiger charge is 2.03. The summed E-state index contributed by atoms with van der Waals surface area (Å²) in [6, 6.07) is 9.91. The summed E-state index contributed by atoms with van der Waals surface area (Å²) in [7, 11) is 0. The predicted molar refractivity (Wildman–Crippen MR) is 78.3 cm³/mol. The van der Waals surface area contributed by atoms with Crippen molar-refractivity contribution in [3.05, 3.63) is 62.9 Å². The number of ketones is 1. The van der Waals surface area contributed by atoms with Crippen LogP contribution in [0.15, 0.2) is 36.4 Å². The molecule has 1 nitrogen and oxygen atoms in total. The fraction of sp³-hybridized carbons (Fsp3) is 0.188. The molecule has 0 fully saturated rings. The average Bonchev–Trinajstić information content (AvgIpc) is 2.75. The minimum absolute atomic E-state index is 0.0594. The minimum Gasteiger partial charge on any atom is -0.289 e. The molecule has 0 aliphatic heterocycles. The van der Waals surface area contributed by atoms with Crippen LogP contribution in [0.3, 0.4) is 0 Å². The van der Waals surface area contributed by atoms with Crippen LogP contribution >= 0.6 is 11.3 Å². The zero-order chi connectivity index (χ0) is 13.1. The summed E-state index contributed by atoms with van der Waals surface area (Å²) in [6.07, 6.45) is 3.53. The Morgan fingerprint density at radius 3 is 2.44 bits per heavy atom. The largest absolute Gasteiger partial charge is 0.289 e. The molecule has 18 heavy (non-hydrogen) atoms. The molecule has 0 unspecified atom stereocenters. The quantitative estimate of drug-likeness (QED) is 0.580. The van der Waals surface area contributed by atoms with Crippen LogP contribution in [0.1, 0.15) is 31.2 Å². The maximum Gasteiger partial charge on any atom is 0.185 e. The summed E-state index contributed by atoms with van der Waals surface area (Å²) in [6.45, 7) is 6.14. The van der Waals surface area contributed by atoms with Crippen LogP contribution < -0.4 is 0 Å². The van der Waals surface area contributed by atoms with Crippen molar-refractivity contribution < 1.29 is 4.79 Å². The second-order valence-electron chi connectivity index (χ2n) is 4.45. The van der Waals surface area contributed by atoms with Gasteiger partial charge in [0.15, 0.2) is 5.78 Å². The highest BCUT2D eigenvalue weighted by atomic mass is 32.1. The first-order valence-electron chi connectivity index (χ1n) is 5.92. The lowest BCUT2D eigenvalue weighted by molar-refractivity contribution is 0.104. The number of benzene rings is 1. The van der Waals surface area contributed by atoms with Gasteiger partial charge in [-0.1, -0.05) is 12.1 Å². The molecule has 0 aliphatic rings. The van der Waals surface area contributed by atoms with Crippen molar-refractivity contribution >= 4 is 23.2 Å². The van der Waals surface area contributed by atoms with Gasteiger partial charge in [-0.2, -0.15) is 0 Å². The molecule has 0 amide bonds. The Hall–Kier alpha value is -1.67. The summed E-state index contributed by atoms with van der Waals surface area (Å²) in [5, 5.41) is 0. The van der Waals surface area contributed by atoms with Gasteiger partial charge in [-0.3, -0.25) is 4.79 Å². The molecule has 2 aromatic rings. The van der Waals surface area contributed by atoms with Crippen molar-refractivity contribution in [1.82, 2.24) is 0 Å². The average molecular weight is 256 g/mol. The van der Waals surface area contributed by atoms with E-state index in [1.54, 1.807) is 17.4 Å². The predicted octanol–water partition coefficient (Wildman–Crippen LogP) is 4.57. The molecular formula is C16H16OS. The highest BCUT2D eigenvalue weighted by Crippen LogP contribution is 2.17. The summed E-state index contributed by atoms with van der Waals surface area (Å²) >= 11 is 1.69. The lowest BCUT2D eigenvalue weighted by Crippen LogP contribution is -1.95. The molecule has 0 radical (unpaired) electrons. The maximum atomic E-state index is 12.0. The van der Waals surface area contributed by atoms with Crippen LogP contribution in [0.25, 0.3) is 6.08 Å². The van der Waals surface area contributed by atoms with E-state index in [2.05, 4.69) is 13.0 Å². The van der Waals surface area contributed by atoms with Crippen molar-refractivity contribution in [1.29, 1.82) is 0 Å². The number of rotatable bonds is 3. The van der Waals surface area contributed by atoms with E-state index >= 15 is 0 Å². The van der Waals surface area contributed by atoms with Crippen molar-refractivity contribution in [2.24, 2.45) is 0 Å². The topological polar surface area (TPSA) is 17.1 Å². The normalized spacial score (nSPS) is 11.1. The monoisotopic (exact) mass is 256 g/mol. The standard InChI is InChI=1S/C16H16OS/c1-11-4-6-14(10-12(11)2)16(17)9-8-15-7-5-13(3)18-15/h4-10H,1-3H3/b9-8+. The minimum atomic E-state index is 0.0594. The molecule has 1 aromatic carbocycles. The number of carbonyl (C=O) groups excluding carboxylic acids is 1. The van der Waals surface area contributed by atoms with Crippen molar-refractivity contribution in [2.75, 3.05) is 0 Å². The van der Waals surface area contributed by atoms with Crippen LogP contribution in [0.5, 0.6) is 0 Å². The summed E-state index contributed by atoms with van der Waals surface area (Å²) in [5.74, 6) is 0.0594. The van der Waals surface area contributed by atoms with Crippen LogP contribution in [-0.4, -0.2) is 5.78 Å². The lowest BCUT2D eigenvalue weighted by Gasteiger charge is -2.01. The summed E-state index contributed by atoms with van der Waals surface area (Å²) in [4.78, 5) is 14.4. The molecule has 2 heteroatoms. The van der Waals surface area contributed by atoms with Crippen LogP contribution in [0.2, 0.25) is 0 Å². The van der Waals surface area contributed by atoms with Gasteiger partial charge in [-0.15, -0.1) is 11.3 Å². The van der Waals surface area contributed by atoms with Gasteiger partial charge in [0, 0.05) is 15.3 Å². The molecule has 1 heterocycles. The van der Waals surface area contributed by atoms with Gasteiger partial charge in [0.2, 0.25) is 0 Å². The van der Waals surface area contributed by atoms with Gasteiger partial charge in [-0.05, 0) is 62.2 Å². The molecule has 1 aromatic heterocycles. The maximum absolute atomic E-state index is 12.0. The third-order valence-corrected chi connectivity index (χ3v) is 3.92. The summed E-state index contributed by atoms with van der Waals surface area (Å²) < 4.78 is 0.